The maximum atomic E-state index is 11.0. The van der Waals surface area contributed by atoms with Crippen LogP contribution >= 0.6 is 0 Å². The number of ether oxygens (including phenoxy) is 2. The average Bonchev–Trinajstić information content (AvgIpc) is 2.82. The summed E-state index contributed by atoms with van der Waals surface area (Å²) in [5, 5.41) is 9.03. The lowest BCUT2D eigenvalue weighted by Crippen LogP contribution is -2.38. The van der Waals surface area contributed by atoms with Crippen molar-refractivity contribution in [1.29, 1.82) is 0 Å². The van der Waals surface area contributed by atoms with Gasteiger partial charge in [0.1, 0.15) is 6.04 Å². The molecule has 98 valence electrons. The van der Waals surface area contributed by atoms with Crippen molar-refractivity contribution in [2.75, 3.05) is 13.3 Å². The summed E-state index contributed by atoms with van der Waals surface area (Å²) >= 11 is 0. The molecule has 0 saturated carbocycles. The Bertz CT molecular complexity index is 447. The minimum Gasteiger partial charge on any atom is -0.480 e. The second-order valence-corrected chi connectivity index (χ2v) is 4.26. The van der Waals surface area contributed by atoms with Crippen molar-refractivity contribution in [2.45, 2.75) is 26.4 Å². The van der Waals surface area contributed by atoms with Crippen LogP contribution in [0, 0.1) is 0 Å². The molecule has 1 aliphatic rings. The molecule has 1 atom stereocenters. The number of fused-ring (bicyclic) bond motifs is 1. The van der Waals surface area contributed by atoms with Gasteiger partial charge in [0.2, 0.25) is 6.79 Å². The van der Waals surface area contributed by atoms with Crippen LogP contribution in [0.3, 0.4) is 0 Å². The number of hydrogen-bond acceptors (Lipinski definition) is 4. The van der Waals surface area contributed by atoms with Gasteiger partial charge in [-0.2, -0.15) is 0 Å². The molecule has 1 aliphatic heterocycles. The number of rotatable bonds is 5. The third kappa shape index (κ3) is 2.56. The summed E-state index contributed by atoms with van der Waals surface area (Å²) < 4.78 is 10.5. The Morgan fingerprint density at radius 1 is 1.44 bits per heavy atom. The minimum atomic E-state index is -0.808. The van der Waals surface area contributed by atoms with Crippen LogP contribution in [0.2, 0.25) is 0 Å². The van der Waals surface area contributed by atoms with Crippen molar-refractivity contribution in [3.63, 3.8) is 0 Å². The van der Waals surface area contributed by atoms with Crippen molar-refractivity contribution < 1.29 is 19.4 Å². The molecule has 1 aromatic rings. The lowest BCUT2D eigenvalue weighted by atomic mass is 10.1. The molecule has 1 aromatic carbocycles. The molecule has 5 nitrogen and oxygen atoms in total. The summed E-state index contributed by atoms with van der Waals surface area (Å²) in [6.45, 7) is 5.16. The van der Waals surface area contributed by atoms with E-state index in [0.717, 1.165) is 17.1 Å². The van der Waals surface area contributed by atoms with Crippen LogP contribution in [-0.2, 0) is 11.3 Å². The molecule has 0 bridgehead atoms. The van der Waals surface area contributed by atoms with Gasteiger partial charge < -0.3 is 14.6 Å². The smallest absolute Gasteiger partial charge is 0.320 e. The highest BCUT2D eigenvalue weighted by atomic mass is 16.7. The van der Waals surface area contributed by atoms with Gasteiger partial charge in [-0.1, -0.05) is 13.0 Å². The summed E-state index contributed by atoms with van der Waals surface area (Å²) in [5.74, 6) is 0.664. The molecule has 5 heteroatoms. The maximum Gasteiger partial charge on any atom is 0.320 e. The Kier molecular flexibility index (Phi) is 3.72. The zero-order valence-corrected chi connectivity index (χ0v) is 10.5. The van der Waals surface area contributed by atoms with Crippen molar-refractivity contribution in [3.05, 3.63) is 23.8 Å². The Morgan fingerprint density at radius 3 is 2.83 bits per heavy atom. The molecule has 0 radical (unpaired) electrons. The molecular weight excluding hydrogens is 234 g/mol. The van der Waals surface area contributed by atoms with Crippen molar-refractivity contribution in [2.24, 2.45) is 0 Å². The first-order valence-corrected chi connectivity index (χ1v) is 5.97. The lowest BCUT2D eigenvalue weighted by molar-refractivity contribution is -0.142. The van der Waals surface area contributed by atoms with Crippen LogP contribution in [0.15, 0.2) is 18.2 Å². The molecule has 1 unspecified atom stereocenters. The SMILES string of the molecule is CCN(Cc1ccc2c(c1)OCO2)C(C)C(=O)O. The molecule has 1 heterocycles. The number of nitrogens with zero attached hydrogens (tertiary/aromatic N) is 1. The first kappa shape index (κ1) is 12.7. The standard InChI is InChI=1S/C13H17NO4/c1-3-14(9(2)13(15)16)7-10-4-5-11-12(6-10)18-8-17-11/h4-6,9H,3,7-8H2,1-2H3,(H,15,16). The number of carboxylic acids is 1. The maximum absolute atomic E-state index is 11.0. The van der Waals surface area contributed by atoms with E-state index >= 15 is 0 Å². The van der Waals surface area contributed by atoms with Crippen LogP contribution in [0.1, 0.15) is 19.4 Å². The van der Waals surface area contributed by atoms with Gasteiger partial charge >= 0.3 is 5.97 Å². The van der Waals surface area contributed by atoms with E-state index in [9.17, 15) is 4.79 Å². The predicted molar refractivity (Wildman–Crippen MR) is 65.7 cm³/mol. The molecule has 2 rings (SSSR count). The molecule has 0 amide bonds. The molecule has 18 heavy (non-hydrogen) atoms. The molecule has 0 spiro atoms. The van der Waals surface area contributed by atoms with Crippen LogP contribution in [-0.4, -0.2) is 35.4 Å². The van der Waals surface area contributed by atoms with Crippen LogP contribution < -0.4 is 9.47 Å². The fourth-order valence-corrected chi connectivity index (χ4v) is 1.95. The van der Waals surface area contributed by atoms with Crippen LogP contribution in [0.25, 0.3) is 0 Å². The summed E-state index contributed by atoms with van der Waals surface area (Å²) in [4.78, 5) is 12.9. The highest BCUT2D eigenvalue weighted by Gasteiger charge is 2.20. The first-order valence-electron chi connectivity index (χ1n) is 5.97. The number of benzene rings is 1. The summed E-state index contributed by atoms with van der Waals surface area (Å²) in [6.07, 6.45) is 0. The summed E-state index contributed by atoms with van der Waals surface area (Å²) in [5.41, 5.74) is 1.02. The molecule has 0 aromatic heterocycles. The number of hydrogen-bond donors (Lipinski definition) is 1. The monoisotopic (exact) mass is 251 g/mol. The quantitative estimate of drug-likeness (QED) is 0.863. The van der Waals surface area contributed by atoms with E-state index in [4.69, 9.17) is 14.6 Å². The van der Waals surface area contributed by atoms with Gasteiger partial charge in [-0.05, 0) is 31.2 Å². The Hall–Kier alpha value is -1.75. The Morgan fingerprint density at radius 2 is 2.17 bits per heavy atom. The van der Waals surface area contributed by atoms with Crippen molar-refractivity contribution in [1.82, 2.24) is 4.90 Å². The van der Waals surface area contributed by atoms with Gasteiger partial charge in [-0.25, -0.2) is 0 Å². The largest absolute Gasteiger partial charge is 0.480 e. The van der Waals surface area contributed by atoms with E-state index in [2.05, 4.69) is 0 Å². The van der Waals surface area contributed by atoms with Crippen LogP contribution in [0.5, 0.6) is 11.5 Å². The number of carboxylic acid groups (broad SMARTS) is 1. The minimum absolute atomic E-state index is 0.252. The van der Waals surface area contributed by atoms with E-state index < -0.39 is 12.0 Å². The third-order valence-electron chi connectivity index (χ3n) is 3.13. The van der Waals surface area contributed by atoms with E-state index in [1.54, 1.807) is 6.92 Å². The van der Waals surface area contributed by atoms with Gasteiger partial charge in [-0.3, -0.25) is 9.69 Å². The second kappa shape index (κ2) is 5.27. The average molecular weight is 251 g/mol. The molecule has 0 fully saturated rings. The van der Waals surface area contributed by atoms with Gasteiger partial charge in [-0.15, -0.1) is 0 Å². The van der Waals surface area contributed by atoms with Gasteiger partial charge in [0.15, 0.2) is 11.5 Å². The van der Waals surface area contributed by atoms with E-state index in [0.29, 0.717) is 13.1 Å². The van der Waals surface area contributed by atoms with Gasteiger partial charge in [0.25, 0.3) is 0 Å². The highest BCUT2D eigenvalue weighted by molar-refractivity contribution is 5.72. The van der Waals surface area contributed by atoms with Gasteiger partial charge in [0, 0.05) is 6.54 Å². The van der Waals surface area contributed by atoms with E-state index in [1.807, 2.05) is 30.0 Å². The van der Waals surface area contributed by atoms with E-state index in [-0.39, 0.29) is 6.79 Å². The van der Waals surface area contributed by atoms with E-state index in [1.165, 1.54) is 0 Å². The van der Waals surface area contributed by atoms with Gasteiger partial charge in [0.05, 0.1) is 0 Å². The normalized spacial score (nSPS) is 14.8. The summed E-state index contributed by atoms with van der Waals surface area (Å²) in [6, 6.07) is 5.20. The molecule has 0 aliphatic carbocycles. The van der Waals surface area contributed by atoms with Crippen molar-refractivity contribution >= 4 is 5.97 Å². The number of carbonyl (C=O) groups is 1. The predicted octanol–water partition coefficient (Wildman–Crippen LogP) is 1.71. The third-order valence-corrected chi connectivity index (χ3v) is 3.13. The molecular formula is C13H17NO4. The fourth-order valence-electron chi connectivity index (χ4n) is 1.95. The summed E-state index contributed by atoms with van der Waals surface area (Å²) in [7, 11) is 0. The topological polar surface area (TPSA) is 59.0 Å². The second-order valence-electron chi connectivity index (χ2n) is 4.26. The Balaban J connectivity index is 2.10. The van der Waals surface area contributed by atoms with Crippen LogP contribution in [0.4, 0.5) is 0 Å². The zero-order valence-electron chi connectivity index (χ0n) is 10.5. The lowest BCUT2D eigenvalue weighted by Gasteiger charge is -2.24. The Labute approximate surface area is 106 Å². The highest BCUT2D eigenvalue weighted by Crippen LogP contribution is 2.32. The molecule has 0 saturated heterocycles. The fraction of sp³-hybridized carbons (Fsp3) is 0.462. The zero-order chi connectivity index (χ0) is 13.1. The number of aliphatic carboxylic acids is 1. The van der Waals surface area contributed by atoms with Crippen molar-refractivity contribution in [3.8, 4) is 11.5 Å². The molecule has 1 N–H and O–H groups in total. The number of likely N-dealkylation sites (N-methyl/N-ethyl adjacent to an activating group) is 1. The first-order chi connectivity index (χ1) is 8.61.